The molecule has 1 aliphatic carbocycles. The highest BCUT2D eigenvalue weighted by Crippen LogP contribution is 2.35. The number of ether oxygens (including phenoxy) is 1. The second-order valence-electron chi connectivity index (χ2n) is 10.0. The van der Waals surface area contributed by atoms with Crippen LogP contribution in [0.4, 0.5) is 0 Å². The molecule has 0 bridgehead atoms. The number of amides is 2. The third-order valence-electron chi connectivity index (χ3n) is 7.52. The van der Waals surface area contributed by atoms with Gasteiger partial charge < -0.3 is 9.64 Å². The predicted octanol–water partition coefficient (Wildman–Crippen LogP) is 3.36. The first-order valence-electron chi connectivity index (χ1n) is 13.3. The second-order valence-corrected chi connectivity index (χ2v) is 10.0. The maximum absolute atomic E-state index is 13.0. The molecule has 3 aliphatic rings. The van der Waals surface area contributed by atoms with Gasteiger partial charge in [-0.25, -0.2) is 4.79 Å². The van der Waals surface area contributed by atoms with E-state index in [0.717, 1.165) is 32.7 Å². The van der Waals surface area contributed by atoms with Crippen molar-refractivity contribution in [2.24, 2.45) is 11.8 Å². The number of carbonyl (C=O) groups is 3. The first-order chi connectivity index (χ1) is 17.1. The van der Waals surface area contributed by atoms with Gasteiger partial charge in [0, 0.05) is 32.7 Å². The van der Waals surface area contributed by atoms with Gasteiger partial charge in [0.05, 0.1) is 23.9 Å². The summed E-state index contributed by atoms with van der Waals surface area (Å²) in [6.45, 7) is 7.77. The summed E-state index contributed by atoms with van der Waals surface area (Å²) >= 11 is 0. The van der Waals surface area contributed by atoms with E-state index in [1.54, 1.807) is 24.3 Å². The van der Waals surface area contributed by atoms with E-state index in [2.05, 4.69) is 16.7 Å². The molecule has 190 valence electrons. The summed E-state index contributed by atoms with van der Waals surface area (Å²) in [6, 6.07) is 8.91. The maximum atomic E-state index is 13.0. The van der Waals surface area contributed by atoms with E-state index in [1.807, 2.05) is 18.2 Å². The molecule has 2 heterocycles. The topological polar surface area (TPSA) is 70.2 Å². The summed E-state index contributed by atoms with van der Waals surface area (Å²) in [4.78, 5) is 45.1. The Bertz CT molecular complexity index is 869. The van der Waals surface area contributed by atoms with Crippen LogP contribution in [0, 0.1) is 11.8 Å². The highest BCUT2D eigenvalue weighted by Gasteiger charge is 2.48. The average molecular weight is 482 g/mol. The Morgan fingerprint density at radius 1 is 0.886 bits per heavy atom. The highest BCUT2D eigenvalue weighted by molar-refractivity contribution is 6.05. The van der Waals surface area contributed by atoms with Crippen molar-refractivity contribution in [3.63, 3.8) is 0 Å². The lowest BCUT2D eigenvalue weighted by Crippen LogP contribution is -2.51. The molecule has 2 amide bonds. The normalized spacial score (nSPS) is 24.0. The van der Waals surface area contributed by atoms with Gasteiger partial charge in [-0.3, -0.25) is 19.4 Å². The minimum Gasteiger partial charge on any atom is -0.455 e. The number of fused-ring (bicyclic) bond motifs is 1. The zero-order chi connectivity index (χ0) is 24.6. The monoisotopic (exact) mass is 481 g/mol. The fourth-order valence-electron chi connectivity index (χ4n) is 5.42. The number of allylic oxidation sites excluding steroid dienone is 2. The van der Waals surface area contributed by atoms with Gasteiger partial charge in [0.2, 0.25) is 11.8 Å². The highest BCUT2D eigenvalue weighted by atomic mass is 16.5. The van der Waals surface area contributed by atoms with Crippen LogP contribution in [0.2, 0.25) is 0 Å². The fourth-order valence-corrected chi connectivity index (χ4v) is 5.42. The lowest BCUT2D eigenvalue weighted by Gasteiger charge is -2.36. The molecule has 0 saturated carbocycles. The number of rotatable bonds is 11. The smallest absolute Gasteiger partial charge is 0.338 e. The van der Waals surface area contributed by atoms with Crippen LogP contribution in [0.5, 0.6) is 0 Å². The maximum Gasteiger partial charge on any atom is 0.338 e. The first-order valence-corrected chi connectivity index (χ1v) is 13.3. The number of likely N-dealkylation sites (tertiary alicyclic amines) is 1. The van der Waals surface area contributed by atoms with Crippen LogP contribution < -0.4 is 0 Å². The summed E-state index contributed by atoms with van der Waals surface area (Å²) in [5.41, 5.74) is 0.478. The van der Waals surface area contributed by atoms with Crippen molar-refractivity contribution in [2.45, 2.75) is 51.6 Å². The molecule has 4 rings (SSSR count). The van der Waals surface area contributed by atoms with Gasteiger partial charge in [0.15, 0.2) is 0 Å². The number of unbranched alkanes of at least 4 members (excludes halogenated alkanes) is 3. The summed E-state index contributed by atoms with van der Waals surface area (Å²) in [6.07, 6.45) is 9.71. The van der Waals surface area contributed by atoms with E-state index in [-0.39, 0.29) is 30.2 Å². The Kier molecular flexibility index (Phi) is 9.10. The van der Waals surface area contributed by atoms with E-state index >= 15 is 0 Å². The van der Waals surface area contributed by atoms with Crippen LogP contribution in [0.25, 0.3) is 0 Å². The zero-order valence-corrected chi connectivity index (χ0v) is 20.9. The molecule has 0 radical (unpaired) electrons. The second kappa shape index (κ2) is 12.5. The minimum absolute atomic E-state index is 0.123. The molecule has 0 aromatic heterocycles. The average Bonchev–Trinajstić information content (AvgIpc) is 3.13. The number of carbonyl (C=O) groups excluding carboxylic acids is 3. The molecule has 1 unspecified atom stereocenters. The van der Waals surface area contributed by atoms with Crippen LogP contribution in [0.1, 0.15) is 55.8 Å². The summed E-state index contributed by atoms with van der Waals surface area (Å²) < 4.78 is 5.91. The van der Waals surface area contributed by atoms with Crippen molar-refractivity contribution in [3.8, 4) is 0 Å². The van der Waals surface area contributed by atoms with Crippen LogP contribution in [0.3, 0.4) is 0 Å². The SMILES string of the molecule is CCCCCCN1CCN(CC(CN2C(=O)[C@H]3CC=CC[C@H]3C2=O)OC(=O)c2ccccc2)CC1. The number of piperazine rings is 1. The molecule has 7 nitrogen and oxygen atoms in total. The van der Waals surface area contributed by atoms with Crippen molar-refractivity contribution in [2.75, 3.05) is 45.8 Å². The largest absolute Gasteiger partial charge is 0.455 e. The summed E-state index contributed by atoms with van der Waals surface area (Å²) in [5, 5.41) is 0. The number of esters is 1. The first kappa shape index (κ1) is 25.6. The molecule has 1 aromatic carbocycles. The summed E-state index contributed by atoms with van der Waals surface area (Å²) in [7, 11) is 0. The Morgan fingerprint density at radius 3 is 2.14 bits per heavy atom. The van der Waals surface area contributed by atoms with Gasteiger partial charge in [0.25, 0.3) is 0 Å². The molecule has 0 N–H and O–H groups in total. The van der Waals surface area contributed by atoms with Crippen molar-refractivity contribution >= 4 is 17.8 Å². The number of nitrogens with zero attached hydrogens (tertiary/aromatic N) is 3. The van der Waals surface area contributed by atoms with Crippen molar-refractivity contribution in [1.82, 2.24) is 14.7 Å². The standard InChI is InChI=1S/C28H39N3O4/c1-2-3-4-10-15-29-16-18-30(19-17-29)20-23(35-28(34)22-11-6-5-7-12-22)21-31-26(32)24-13-8-9-14-25(24)27(31)33/h5-9,11-12,23-25H,2-4,10,13-21H2,1H3/t23?,24-,25+. The molecule has 35 heavy (non-hydrogen) atoms. The van der Waals surface area contributed by atoms with Crippen LogP contribution in [0.15, 0.2) is 42.5 Å². The van der Waals surface area contributed by atoms with Crippen LogP contribution in [-0.4, -0.2) is 84.4 Å². The van der Waals surface area contributed by atoms with Crippen LogP contribution in [-0.2, 0) is 14.3 Å². The van der Waals surface area contributed by atoms with E-state index in [9.17, 15) is 14.4 Å². The van der Waals surface area contributed by atoms with Gasteiger partial charge in [0.1, 0.15) is 6.10 Å². The molecule has 7 heteroatoms. The molecule has 2 fully saturated rings. The van der Waals surface area contributed by atoms with Gasteiger partial charge in [-0.15, -0.1) is 0 Å². The molecular formula is C28H39N3O4. The Balaban J connectivity index is 1.37. The molecule has 0 spiro atoms. The third-order valence-corrected chi connectivity index (χ3v) is 7.52. The number of hydrogen-bond acceptors (Lipinski definition) is 6. The van der Waals surface area contributed by atoms with Gasteiger partial charge in [-0.1, -0.05) is 56.5 Å². The third kappa shape index (κ3) is 6.58. The lowest BCUT2D eigenvalue weighted by atomic mass is 9.85. The van der Waals surface area contributed by atoms with Crippen molar-refractivity contribution in [1.29, 1.82) is 0 Å². The molecule has 2 aliphatic heterocycles. The lowest BCUT2D eigenvalue weighted by molar-refractivity contribution is -0.142. The molecule has 1 aromatic rings. The molecular weight excluding hydrogens is 442 g/mol. The summed E-state index contributed by atoms with van der Waals surface area (Å²) in [5.74, 6) is -1.20. The number of benzene rings is 1. The quantitative estimate of drug-likeness (QED) is 0.209. The molecule has 2 saturated heterocycles. The van der Waals surface area contributed by atoms with E-state index in [0.29, 0.717) is 24.9 Å². The van der Waals surface area contributed by atoms with Gasteiger partial charge in [-0.2, -0.15) is 0 Å². The van der Waals surface area contributed by atoms with E-state index in [1.165, 1.54) is 30.6 Å². The number of imide groups is 1. The Labute approximate surface area is 209 Å². The van der Waals surface area contributed by atoms with Crippen molar-refractivity contribution < 1.29 is 19.1 Å². The minimum atomic E-state index is -0.556. The molecule has 3 atom stereocenters. The Hall–Kier alpha value is -2.51. The zero-order valence-electron chi connectivity index (χ0n) is 20.9. The van der Waals surface area contributed by atoms with Gasteiger partial charge >= 0.3 is 5.97 Å². The predicted molar refractivity (Wildman–Crippen MR) is 135 cm³/mol. The number of hydrogen-bond donors (Lipinski definition) is 0. The van der Waals surface area contributed by atoms with Gasteiger partial charge in [-0.05, 0) is 37.9 Å². The fraction of sp³-hybridized carbons (Fsp3) is 0.607. The van der Waals surface area contributed by atoms with Crippen LogP contribution >= 0.6 is 0 Å². The van der Waals surface area contributed by atoms with E-state index < -0.39 is 12.1 Å². The van der Waals surface area contributed by atoms with E-state index in [4.69, 9.17) is 4.74 Å². The van der Waals surface area contributed by atoms with Crippen molar-refractivity contribution in [3.05, 3.63) is 48.0 Å². The Morgan fingerprint density at radius 2 is 1.51 bits per heavy atom.